The van der Waals surface area contributed by atoms with E-state index in [1.165, 1.54) is 0 Å². The van der Waals surface area contributed by atoms with Crippen LogP contribution in [0.5, 0.6) is 0 Å². The summed E-state index contributed by atoms with van der Waals surface area (Å²) in [6.07, 6.45) is 3.16. The number of amides is 1. The number of carboxylic acid groups (broad SMARTS) is 1. The van der Waals surface area contributed by atoms with Crippen LogP contribution >= 0.6 is 0 Å². The Morgan fingerprint density at radius 2 is 2.05 bits per heavy atom. The first-order valence-corrected chi connectivity index (χ1v) is 6.20. The average Bonchev–Trinajstić information content (AvgIpc) is 2.27. The number of hydrogen-bond donors (Lipinski definition) is 2. The molecule has 0 aliphatic carbocycles. The number of nitrogens with one attached hydrogen (secondary N) is 1. The first-order valence-electron chi connectivity index (χ1n) is 6.20. The molecule has 1 amide bonds. The summed E-state index contributed by atoms with van der Waals surface area (Å²) in [6, 6.07) is 1.79. The first kappa shape index (κ1) is 15.1. The second-order valence-electron chi connectivity index (χ2n) is 5.35. The molecular formula is C14H20N2O3. The Morgan fingerprint density at radius 1 is 1.42 bits per heavy atom. The molecule has 1 rings (SSSR count). The van der Waals surface area contributed by atoms with Gasteiger partial charge in [0.25, 0.3) is 0 Å². The maximum atomic E-state index is 11.9. The summed E-state index contributed by atoms with van der Waals surface area (Å²) in [5.74, 6) is -1.41. The zero-order chi connectivity index (χ0) is 14.6. The number of nitrogens with zero attached hydrogens (tertiary/aromatic N) is 1. The van der Waals surface area contributed by atoms with Crippen LogP contribution in [0.4, 0.5) is 5.69 Å². The maximum Gasteiger partial charge on any atom is 0.310 e. The molecule has 5 nitrogen and oxygen atoms in total. The standard InChI is InChI=1S/C14H20N2O3/c1-9(2)14(4,13(18)19)6-12(17)16-11-5-10(3)7-15-8-11/h5,7-9H,6H2,1-4H3,(H,16,17)(H,18,19). The van der Waals surface area contributed by atoms with Crippen molar-refractivity contribution in [2.75, 3.05) is 5.32 Å². The highest BCUT2D eigenvalue weighted by atomic mass is 16.4. The van der Waals surface area contributed by atoms with Crippen LogP contribution in [0.25, 0.3) is 0 Å². The van der Waals surface area contributed by atoms with E-state index >= 15 is 0 Å². The van der Waals surface area contributed by atoms with Crippen LogP contribution in [0.1, 0.15) is 32.8 Å². The SMILES string of the molecule is Cc1cncc(NC(=O)CC(C)(C(=O)O)C(C)C)c1. The number of pyridine rings is 1. The molecule has 1 aromatic heterocycles. The van der Waals surface area contributed by atoms with Gasteiger partial charge in [-0.05, 0) is 31.4 Å². The molecule has 0 fully saturated rings. The maximum absolute atomic E-state index is 11.9. The van der Waals surface area contributed by atoms with Gasteiger partial charge < -0.3 is 10.4 Å². The summed E-state index contributed by atoms with van der Waals surface area (Å²) in [6.45, 7) is 7.07. The van der Waals surface area contributed by atoms with Crippen molar-refractivity contribution < 1.29 is 14.7 Å². The molecule has 0 aromatic carbocycles. The van der Waals surface area contributed by atoms with Crippen LogP contribution in [0.2, 0.25) is 0 Å². The zero-order valence-electron chi connectivity index (χ0n) is 11.7. The Hall–Kier alpha value is -1.91. The Labute approximate surface area is 113 Å². The van der Waals surface area contributed by atoms with Crippen molar-refractivity contribution >= 4 is 17.6 Å². The highest BCUT2D eigenvalue weighted by Crippen LogP contribution is 2.31. The minimum absolute atomic E-state index is 0.0616. The highest BCUT2D eigenvalue weighted by Gasteiger charge is 2.38. The number of aryl methyl sites for hydroxylation is 1. The van der Waals surface area contributed by atoms with Gasteiger partial charge in [0.1, 0.15) is 0 Å². The van der Waals surface area contributed by atoms with Crippen LogP contribution in [0, 0.1) is 18.3 Å². The smallest absolute Gasteiger partial charge is 0.310 e. The third kappa shape index (κ3) is 3.77. The summed E-state index contributed by atoms with van der Waals surface area (Å²) in [5.41, 5.74) is 0.450. The Kier molecular flexibility index (Phi) is 4.64. The van der Waals surface area contributed by atoms with Crippen molar-refractivity contribution in [1.82, 2.24) is 4.98 Å². The number of rotatable bonds is 5. The van der Waals surface area contributed by atoms with Crippen LogP contribution in [0.15, 0.2) is 18.5 Å². The summed E-state index contributed by atoms with van der Waals surface area (Å²) < 4.78 is 0. The molecule has 1 unspecified atom stereocenters. The molecule has 0 aliphatic rings. The second-order valence-corrected chi connectivity index (χ2v) is 5.35. The molecule has 0 spiro atoms. The first-order chi connectivity index (χ1) is 8.75. The number of carboxylic acids is 1. The largest absolute Gasteiger partial charge is 0.481 e. The monoisotopic (exact) mass is 264 g/mol. The van der Waals surface area contributed by atoms with Crippen molar-refractivity contribution in [3.8, 4) is 0 Å². The van der Waals surface area contributed by atoms with Crippen LogP contribution in [-0.4, -0.2) is 22.0 Å². The normalized spacial score (nSPS) is 13.9. The lowest BCUT2D eigenvalue weighted by Crippen LogP contribution is -2.37. The van der Waals surface area contributed by atoms with Crippen LogP contribution < -0.4 is 5.32 Å². The Balaban J connectivity index is 2.77. The number of carbonyl (C=O) groups excluding carboxylic acids is 1. The molecule has 5 heteroatoms. The van der Waals surface area contributed by atoms with E-state index in [1.54, 1.807) is 39.2 Å². The van der Waals surface area contributed by atoms with Gasteiger partial charge in [0.05, 0.1) is 17.3 Å². The van der Waals surface area contributed by atoms with Gasteiger partial charge >= 0.3 is 5.97 Å². The van der Waals surface area contributed by atoms with E-state index in [-0.39, 0.29) is 18.2 Å². The average molecular weight is 264 g/mol. The highest BCUT2D eigenvalue weighted by molar-refractivity contribution is 5.94. The molecule has 0 saturated heterocycles. The van der Waals surface area contributed by atoms with Gasteiger partial charge in [0.15, 0.2) is 0 Å². The third-order valence-electron chi connectivity index (χ3n) is 3.45. The zero-order valence-corrected chi connectivity index (χ0v) is 11.7. The van der Waals surface area contributed by atoms with Gasteiger partial charge in [-0.15, -0.1) is 0 Å². The van der Waals surface area contributed by atoms with Gasteiger partial charge in [0.2, 0.25) is 5.91 Å². The van der Waals surface area contributed by atoms with Gasteiger partial charge in [-0.3, -0.25) is 14.6 Å². The van der Waals surface area contributed by atoms with Crippen molar-refractivity contribution in [2.24, 2.45) is 11.3 Å². The minimum atomic E-state index is -1.07. The molecule has 1 heterocycles. The van der Waals surface area contributed by atoms with Crippen molar-refractivity contribution in [1.29, 1.82) is 0 Å². The molecule has 0 saturated carbocycles. The third-order valence-corrected chi connectivity index (χ3v) is 3.45. The van der Waals surface area contributed by atoms with E-state index in [4.69, 9.17) is 0 Å². The lowest BCUT2D eigenvalue weighted by Gasteiger charge is -2.28. The molecule has 0 bridgehead atoms. The molecule has 1 atom stereocenters. The van der Waals surface area contributed by atoms with Gasteiger partial charge in [-0.1, -0.05) is 13.8 Å². The van der Waals surface area contributed by atoms with Crippen molar-refractivity contribution in [3.63, 3.8) is 0 Å². The van der Waals surface area contributed by atoms with E-state index < -0.39 is 11.4 Å². The molecule has 19 heavy (non-hydrogen) atoms. The number of anilines is 1. The molecule has 1 aromatic rings. The van der Waals surface area contributed by atoms with E-state index in [0.29, 0.717) is 5.69 Å². The Morgan fingerprint density at radius 3 is 2.53 bits per heavy atom. The summed E-state index contributed by atoms with van der Waals surface area (Å²) >= 11 is 0. The quantitative estimate of drug-likeness (QED) is 0.856. The Bertz CT molecular complexity index is 485. The molecule has 0 radical (unpaired) electrons. The number of carbonyl (C=O) groups is 2. The lowest BCUT2D eigenvalue weighted by molar-refractivity contribution is -0.153. The number of hydrogen-bond acceptors (Lipinski definition) is 3. The molecule has 104 valence electrons. The lowest BCUT2D eigenvalue weighted by atomic mass is 9.76. The van der Waals surface area contributed by atoms with E-state index in [9.17, 15) is 14.7 Å². The summed E-state index contributed by atoms with van der Waals surface area (Å²) in [4.78, 5) is 27.2. The van der Waals surface area contributed by atoms with Crippen LogP contribution in [-0.2, 0) is 9.59 Å². The topological polar surface area (TPSA) is 79.3 Å². The predicted octanol–water partition coefficient (Wildman–Crippen LogP) is 2.47. The van der Waals surface area contributed by atoms with Gasteiger partial charge in [-0.2, -0.15) is 0 Å². The number of aromatic nitrogens is 1. The van der Waals surface area contributed by atoms with E-state index in [0.717, 1.165) is 5.56 Å². The fourth-order valence-electron chi connectivity index (χ4n) is 1.69. The fraction of sp³-hybridized carbons (Fsp3) is 0.500. The molecular weight excluding hydrogens is 244 g/mol. The van der Waals surface area contributed by atoms with Gasteiger partial charge in [0, 0.05) is 12.6 Å². The van der Waals surface area contributed by atoms with E-state index in [2.05, 4.69) is 10.3 Å². The van der Waals surface area contributed by atoms with Gasteiger partial charge in [-0.25, -0.2) is 0 Å². The van der Waals surface area contributed by atoms with Crippen LogP contribution in [0.3, 0.4) is 0 Å². The minimum Gasteiger partial charge on any atom is -0.481 e. The summed E-state index contributed by atoms with van der Waals surface area (Å²) in [7, 11) is 0. The summed E-state index contributed by atoms with van der Waals surface area (Å²) in [5, 5.41) is 12.0. The fourth-order valence-corrected chi connectivity index (χ4v) is 1.69. The second kappa shape index (κ2) is 5.82. The van der Waals surface area contributed by atoms with E-state index in [1.807, 2.05) is 6.92 Å². The molecule has 0 aliphatic heterocycles. The molecule has 2 N–H and O–H groups in total. The predicted molar refractivity (Wildman–Crippen MR) is 72.8 cm³/mol. The number of aliphatic carboxylic acids is 1. The van der Waals surface area contributed by atoms with Crippen molar-refractivity contribution in [3.05, 3.63) is 24.0 Å². The van der Waals surface area contributed by atoms with Crippen molar-refractivity contribution in [2.45, 2.75) is 34.1 Å².